The van der Waals surface area contributed by atoms with Crippen LogP contribution in [0.4, 0.5) is 5.69 Å². The van der Waals surface area contributed by atoms with Gasteiger partial charge in [0.25, 0.3) is 10.0 Å². The Kier molecular flexibility index (Phi) is 6.61. The van der Waals surface area contributed by atoms with E-state index in [4.69, 9.17) is 4.98 Å². The molecular weight excluding hydrogens is 466 g/mol. The van der Waals surface area contributed by atoms with E-state index in [0.29, 0.717) is 11.6 Å². The van der Waals surface area contributed by atoms with Gasteiger partial charge >= 0.3 is 0 Å². The molecule has 5 aromatic rings. The second-order valence-corrected chi connectivity index (χ2v) is 10.9. The van der Waals surface area contributed by atoms with Crippen molar-refractivity contribution in [3.8, 4) is 5.69 Å². The summed E-state index contributed by atoms with van der Waals surface area (Å²) in [5, 5.41) is 0. The van der Waals surface area contributed by atoms with Crippen LogP contribution in [0.2, 0.25) is 0 Å². The number of nitrogens with one attached hydrogen (secondary N) is 1. The number of hydrogen-bond acceptors (Lipinski definition) is 3. The molecule has 1 aromatic heterocycles. The molecule has 36 heavy (non-hydrogen) atoms. The highest BCUT2D eigenvalue weighted by atomic mass is 32.2. The van der Waals surface area contributed by atoms with Crippen molar-refractivity contribution in [3.05, 3.63) is 120 Å². The van der Waals surface area contributed by atoms with Crippen molar-refractivity contribution in [1.29, 1.82) is 0 Å². The van der Waals surface area contributed by atoms with Gasteiger partial charge in [-0.15, -0.1) is 0 Å². The molecule has 0 radical (unpaired) electrons. The van der Waals surface area contributed by atoms with Crippen LogP contribution >= 0.6 is 0 Å². The Bertz CT molecular complexity index is 1570. The summed E-state index contributed by atoms with van der Waals surface area (Å²) >= 11 is 0. The summed E-state index contributed by atoms with van der Waals surface area (Å²) < 4.78 is 30.5. The molecule has 0 aliphatic rings. The number of aryl methyl sites for hydroxylation is 2. The summed E-state index contributed by atoms with van der Waals surface area (Å²) in [6.07, 6.45) is 1.55. The molecule has 1 N–H and O–H groups in total. The van der Waals surface area contributed by atoms with E-state index in [-0.39, 0.29) is 4.90 Å². The fourth-order valence-corrected chi connectivity index (χ4v) is 5.41. The van der Waals surface area contributed by atoms with Crippen LogP contribution in [0.15, 0.2) is 108 Å². The van der Waals surface area contributed by atoms with Gasteiger partial charge in [0, 0.05) is 17.8 Å². The van der Waals surface area contributed by atoms with E-state index in [9.17, 15) is 8.42 Å². The highest BCUT2D eigenvalue weighted by Gasteiger charge is 2.15. The number of para-hydroxylation sites is 3. The molecule has 0 atom stereocenters. The molecule has 0 unspecified atom stereocenters. The molecule has 0 bridgehead atoms. The van der Waals surface area contributed by atoms with Gasteiger partial charge in [-0.25, -0.2) is 13.4 Å². The van der Waals surface area contributed by atoms with Crippen molar-refractivity contribution in [2.24, 2.45) is 0 Å². The Hall–Kier alpha value is -3.90. The molecular formula is C30H29N3O2S. The molecule has 0 saturated carbocycles. The van der Waals surface area contributed by atoms with Crippen LogP contribution in [0.25, 0.3) is 16.7 Å². The van der Waals surface area contributed by atoms with Crippen molar-refractivity contribution in [3.63, 3.8) is 0 Å². The zero-order valence-corrected chi connectivity index (χ0v) is 21.2. The Labute approximate surface area is 212 Å². The number of anilines is 1. The van der Waals surface area contributed by atoms with Crippen molar-refractivity contribution in [2.75, 3.05) is 4.72 Å². The van der Waals surface area contributed by atoms with Gasteiger partial charge in [-0.1, -0.05) is 68.4 Å². The number of sulfonamides is 1. The third-order valence-electron chi connectivity index (χ3n) is 6.35. The van der Waals surface area contributed by atoms with Crippen LogP contribution < -0.4 is 4.72 Å². The predicted molar refractivity (Wildman–Crippen MR) is 146 cm³/mol. The second kappa shape index (κ2) is 9.99. The first-order valence-electron chi connectivity index (χ1n) is 12.1. The van der Waals surface area contributed by atoms with E-state index in [1.54, 1.807) is 12.1 Å². The van der Waals surface area contributed by atoms with Gasteiger partial charge in [-0.2, -0.15) is 0 Å². The average Bonchev–Trinajstić information content (AvgIpc) is 3.27. The lowest BCUT2D eigenvalue weighted by Gasteiger charge is -2.11. The van der Waals surface area contributed by atoms with E-state index < -0.39 is 10.0 Å². The first-order valence-corrected chi connectivity index (χ1v) is 13.6. The number of imidazole rings is 1. The Morgan fingerprint density at radius 3 is 2.14 bits per heavy atom. The average molecular weight is 496 g/mol. The first-order chi connectivity index (χ1) is 17.4. The number of fused-ring (bicyclic) bond motifs is 1. The smallest absolute Gasteiger partial charge is 0.261 e. The van der Waals surface area contributed by atoms with Crippen LogP contribution in [-0.4, -0.2) is 18.0 Å². The number of nitrogens with zero attached hydrogens (tertiary/aromatic N) is 2. The third-order valence-corrected chi connectivity index (χ3v) is 7.74. The van der Waals surface area contributed by atoms with Crippen LogP contribution in [-0.2, 0) is 22.9 Å². The monoisotopic (exact) mass is 495 g/mol. The van der Waals surface area contributed by atoms with Gasteiger partial charge in [0.2, 0.25) is 0 Å². The molecule has 5 rings (SSSR count). The van der Waals surface area contributed by atoms with Crippen molar-refractivity contribution in [1.82, 2.24) is 9.55 Å². The minimum absolute atomic E-state index is 0.260. The molecule has 5 nitrogen and oxygen atoms in total. The van der Waals surface area contributed by atoms with Crippen molar-refractivity contribution in [2.45, 2.75) is 37.5 Å². The van der Waals surface area contributed by atoms with Crippen molar-refractivity contribution >= 4 is 26.7 Å². The zero-order valence-electron chi connectivity index (χ0n) is 20.4. The van der Waals surface area contributed by atoms with E-state index in [1.807, 2.05) is 72.8 Å². The zero-order chi connectivity index (χ0) is 25.1. The van der Waals surface area contributed by atoms with Crippen LogP contribution in [0.5, 0.6) is 0 Å². The molecule has 0 aliphatic carbocycles. The molecule has 4 aromatic carbocycles. The van der Waals surface area contributed by atoms with Gasteiger partial charge < -0.3 is 0 Å². The van der Waals surface area contributed by atoms with Crippen LogP contribution in [0.1, 0.15) is 36.7 Å². The van der Waals surface area contributed by atoms with E-state index in [1.165, 1.54) is 0 Å². The van der Waals surface area contributed by atoms with Gasteiger partial charge in [-0.3, -0.25) is 9.29 Å². The normalized spacial score (nSPS) is 11.8. The molecule has 0 spiro atoms. The summed E-state index contributed by atoms with van der Waals surface area (Å²) in [6.45, 7) is 4.17. The Morgan fingerprint density at radius 2 is 1.44 bits per heavy atom. The topological polar surface area (TPSA) is 64.0 Å². The summed E-state index contributed by atoms with van der Waals surface area (Å²) in [6, 6.07) is 33.0. The number of aromatic nitrogens is 2. The van der Waals surface area contributed by atoms with Crippen molar-refractivity contribution < 1.29 is 8.42 Å². The van der Waals surface area contributed by atoms with Crippen LogP contribution in [0, 0.1) is 0 Å². The predicted octanol–water partition coefficient (Wildman–Crippen LogP) is 6.73. The van der Waals surface area contributed by atoms with Gasteiger partial charge in [0.15, 0.2) is 0 Å². The minimum Gasteiger partial charge on any atom is -0.296 e. The fourth-order valence-electron chi connectivity index (χ4n) is 4.35. The summed E-state index contributed by atoms with van der Waals surface area (Å²) in [4.78, 5) is 5.15. The van der Waals surface area contributed by atoms with Crippen LogP contribution in [0.3, 0.4) is 0 Å². The maximum Gasteiger partial charge on any atom is 0.261 e. The lowest BCUT2D eigenvalue weighted by atomic mass is 10.0. The molecule has 0 amide bonds. The number of hydrogen-bond donors (Lipinski definition) is 1. The molecule has 0 saturated heterocycles. The van der Waals surface area contributed by atoms with E-state index in [0.717, 1.165) is 46.5 Å². The molecule has 6 heteroatoms. The molecule has 182 valence electrons. The first kappa shape index (κ1) is 23.8. The lowest BCUT2D eigenvalue weighted by Crippen LogP contribution is -2.13. The quantitative estimate of drug-likeness (QED) is 0.259. The third kappa shape index (κ3) is 5.04. The second-order valence-electron chi connectivity index (χ2n) is 9.21. The molecule has 1 heterocycles. The highest BCUT2D eigenvalue weighted by Crippen LogP contribution is 2.24. The van der Waals surface area contributed by atoms with E-state index in [2.05, 4.69) is 41.3 Å². The number of benzene rings is 4. The standard InChI is InChI=1S/C30H29N3O2S/c1-22(2)24-15-19-27(20-16-24)36(34,35)32-25-17-12-23(13-18-25)14-21-30-31-28-10-6-7-11-29(28)33(30)26-8-4-3-5-9-26/h3-13,15-20,22,32H,14,21H2,1-2H3. The fraction of sp³-hybridized carbons (Fsp3) is 0.167. The summed E-state index contributed by atoms with van der Waals surface area (Å²) in [5.74, 6) is 1.35. The molecule has 0 aliphatic heterocycles. The lowest BCUT2D eigenvalue weighted by molar-refractivity contribution is 0.601. The Morgan fingerprint density at radius 1 is 0.778 bits per heavy atom. The van der Waals surface area contributed by atoms with Gasteiger partial charge in [0.05, 0.1) is 15.9 Å². The van der Waals surface area contributed by atoms with Gasteiger partial charge in [0.1, 0.15) is 5.82 Å². The maximum absolute atomic E-state index is 12.8. The Balaban J connectivity index is 1.31. The number of rotatable bonds is 8. The molecule has 0 fully saturated rings. The summed E-state index contributed by atoms with van der Waals surface area (Å²) in [5.41, 5.74) is 5.92. The van der Waals surface area contributed by atoms with Gasteiger partial charge in [-0.05, 0) is 72.0 Å². The summed E-state index contributed by atoms with van der Waals surface area (Å²) in [7, 11) is -3.64. The largest absolute Gasteiger partial charge is 0.296 e. The minimum atomic E-state index is -3.64. The maximum atomic E-state index is 12.8. The SMILES string of the molecule is CC(C)c1ccc(S(=O)(=O)Nc2ccc(CCc3nc4ccccc4n3-c3ccccc3)cc2)cc1. The van der Waals surface area contributed by atoms with E-state index >= 15 is 0 Å². The highest BCUT2D eigenvalue weighted by molar-refractivity contribution is 7.92.